The second-order valence-electron chi connectivity index (χ2n) is 8.71. The lowest BCUT2D eigenvalue weighted by Gasteiger charge is -2.57. The van der Waals surface area contributed by atoms with E-state index in [4.69, 9.17) is 0 Å². The molecule has 4 aliphatic carbocycles. The summed E-state index contributed by atoms with van der Waals surface area (Å²) in [6, 6.07) is 0. The predicted octanol–water partition coefficient (Wildman–Crippen LogP) is 4.07. The third-order valence-corrected chi connectivity index (χ3v) is 7.89. The topological polar surface area (TPSA) is 37.3 Å². The summed E-state index contributed by atoms with van der Waals surface area (Å²) in [6.07, 6.45) is 13.0. The number of allylic oxidation sites excluding steroid dienone is 5. The van der Waals surface area contributed by atoms with E-state index in [9.17, 15) is 9.90 Å². The van der Waals surface area contributed by atoms with Crippen LogP contribution in [0.2, 0.25) is 0 Å². The number of rotatable bonds is 1. The van der Waals surface area contributed by atoms with Gasteiger partial charge in [-0.2, -0.15) is 0 Å². The molecule has 7 atom stereocenters. The molecular formula is C21H28O2. The lowest BCUT2D eigenvalue weighted by molar-refractivity contribution is -0.111. The molecular weight excluding hydrogens is 284 g/mol. The van der Waals surface area contributed by atoms with Gasteiger partial charge in [0.15, 0.2) is 5.78 Å². The van der Waals surface area contributed by atoms with Gasteiger partial charge in [0.1, 0.15) is 0 Å². The zero-order chi connectivity index (χ0) is 16.4. The first kappa shape index (κ1) is 15.4. The Morgan fingerprint density at radius 1 is 1.35 bits per heavy atom. The summed E-state index contributed by atoms with van der Waals surface area (Å²) in [7, 11) is 0. The molecule has 3 fully saturated rings. The molecule has 0 radical (unpaired) electrons. The van der Waals surface area contributed by atoms with E-state index in [1.165, 1.54) is 12.0 Å². The number of fused-ring (bicyclic) bond motifs is 5. The molecule has 0 aromatic carbocycles. The Morgan fingerprint density at radius 3 is 2.87 bits per heavy atom. The van der Waals surface area contributed by atoms with Gasteiger partial charge in [0.05, 0.1) is 6.10 Å². The molecule has 0 saturated heterocycles. The smallest absolute Gasteiger partial charge is 0.178 e. The van der Waals surface area contributed by atoms with Crippen molar-refractivity contribution in [2.75, 3.05) is 0 Å². The van der Waals surface area contributed by atoms with Gasteiger partial charge in [-0.15, -0.1) is 6.58 Å². The summed E-state index contributed by atoms with van der Waals surface area (Å²) < 4.78 is 0. The minimum atomic E-state index is -0.195. The van der Waals surface area contributed by atoms with E-state index >= 15 is 0 Å². The van der Waals surface area contributed by atoms with Gasteiger partial charge >= 0.3 is 0 Å². The normalized spacial score (nSPS) is 51.5. The van der Waals surface area contributed by atoms with Gasteiger partial charge in [-0.1, -0.05) is 31.6 Å². The predicted molar refractivity (Wildman–Crippen MR) is 91.7 cm³/mol. The van der Waals surface area contributed by atoms with Crippen LogP contribution in [0.25, 0.3) is 0 Å². The molecule has 0 aliphatic heterocycles. The van der Waals surface area contributed by atoms with Crippen LogP contribution in [0.1, 0.15) is 46.0 Å². The Kier molecular flexibility index (Phi) is 3.29. The van der Waals surface area contributed by atoms with Crippen LogP contribution >= 0.6 is 0 Å². The Morgan fingerprint density at radius 2 is 2.13 bits per heavy atom. The van der Waals surface area contributed by atoms with Gasteiger partial charge in [-0.05, 0) is 73.3 Å². The van der Waals surface area contributed by atoms with E-state index in [1.54, 1.807) is 6.08 Å². The van der Waals surface area contributed by atoms with E-state index in [-0.39, 0.29) is 22.7 Å². The lowest BCUT2D eigenvalue weighted by atomic mass is 9.47. The van der Waals surface area contributed by atoms with Crippen molar-refractivity contribution >= 4 is 5.78 Å². The Bertz CT molecular complexity index is 615. The molecule has 0 bridgehead atoms. The molecule has 0 spiro atoms. The van der Waals surface area contributed by atoms with Crippen LogP contribution in [-0.2, 0) is 4.79 Å². The number of carbonyl (C=O) groups excluding carboxylic acids is 1. The van der Waals surface area contributed by atoms with Crippen LogP contribution in [0.3, 0.4) is 0 Å². The Labute approximate surface area is 139 Å². The average Bonchev–Trinajstić information content (AvgIpc) is 2.79. The van der Waals surface area contributed by atoms with Gasteiger partial charge in [-0.3, -0.25) is 4.79 Å². The molecule has 4 aliphatic rings. The van der Waals surface area contributed by atoms with E-state index in [2.05, 4.69) is 32.6 Å². The van der Waals surface area contributed by atoms with Gasteiger partial charge in [0.2, 0.25) is 0 Å². The maximum Gasteiger partial charge on any atom is 0.178 e. The van der Waals surface area contributed by atoms with Crippen molar-refractivity contribution in [2.45, 2.75) is 52.1 Å². The van der Waals surface area contributed by atoms with Gasteiger partial charge in [0, 0.05) is 5.41 Å². The second-order valence-corrected chi connectivity index (χ2v) is 8.71. The van der Waals surface area contributed by atoms with E-state index in [0.29, 0.717) is 23.7 Å². The number of carbonyl (C=O) groups is 1. The average molecular weight is 312 g/mol. The zero-order valence-electron chi connectivity index (χ0n) is 14.3. The largest absolute Gasteiger partial charge is 0.393 e. The van der Waals surface area contributed by atoms with Crippen molar-refractivity contribution < 1.29 is 9.90 Å². The quantitative estimate of drug-likeness (QED) is 0.741. The minimum Gasteiger partial charge on any atom is -0.393 e. The maximum absolute atomic E-state index is 11.8. The molecule has 0 aromatic heterocycles. The summed E-state index contributed by atoms with van der Waals surface area (Å²) in [5.74, 6) is 2.09. The van der Waals surface area contributed by atoms with Gasteiger partial charge in [-0.25, -0.2) is 0 Å². The van der Waals surface area contributed by atoms with E-state index in [1.807, 2.05) is 6.08 Å². The molecule has 1 N–H and O–H groups in total. The minimum absolute atomic E-state index is 0.0180. The molecule has 124 valence electrons. The molecule has 2 heteroatoms. The highest BCUT2D eigenvalue weighted by molar-refractivity contribution is 6.01. The number of hydrogen-bond donors (Lipinski definition) is 1. The third kappa shape index (κ3) is 1.94. The summed E-state index contributed by atoms with van der Waals surface area (Å²) in [5, 5.41) is 10.8. The number of aliphatic hydroxyl groups excluding tert-OH is 1. The number of hydrogen-bond acceptors (Lipinski definition) is 2. The van der Waals surface area contributed by atoms with Gasteiger partial charge in [0.25, 0.3) is 0 Å². The highest BCUT2D eigenvalue weighted by Crippen LogP contribution is 2.66. The van der Waals surface area contributed by atoms with Gasteiger partial charge < -0.3 is 5.11 Å². The van der Waals surface area contributed by atoms with E-state index in [0.717, 1.165) is 25.7 Å². The number of ketones is 1. The Hall–Kier alpha value is -1.15. The second kappa shape index (κ2) is 4.92. The third-order valence-electron chi connectivity index (χ3n) is 7.89. The SMILES string of the molecule is C=C[C@H]1C[C@@H](O)[C@H]2[C@@H]3CCC4=CC(=O)C=C[C@]4(C)[C@H]3CC[C@@]21C. The standard InChI is InChI=1S/C21H28O2/c1-4-13-12-18(23)19-16-6-5-14-11-15(22)7-9-20(14,2)17(16)8-10-21(13,19)3/h4,7,9,11,13,16-19,23H,1,5-6,8,10,12H2,2-3H3/t13-,16+,17-,18+,19+,20-,21+/m0/s1. The summed E-state index contributed by atoms with van der Waals surface area (Å²) in [5.41, 5.74) is 1.54. The molecule has 0 heterocycles. The monoisotopic (exact) mass is 312 g/mol. The van der Waals surface area contributed by atoms with Crippen molar-refractivity contribution in [3.63, 3.8) is 0 Å². The molecule has 3 saturated carbocycles. The zero-order valence-corrected chi connectivity index (χ0v) is 14.3. The Balaban J connectivity index is 1.72. The van der Waals surface area contributed by atoms with Crippen LogP contribution in [-0.4, -0.2) is 17.0 Å². The summed E-state index contributed by atoms with van der Waals surface area (Å²) in [6.45, 7) is 8.73. The molecule has 0 aromatic rings. The molecule has 2 nitrogen and oxygen atoms in total. The van der Waals surface area contributed by atoms with Crippen LogP contribution in [0.4, 0.5) is 0 Å². The number of aliphatic hydroxyl groups is 1. The molecule has 4 rings (SSSR count). The maximum atomic E-state index is 11.8. The summed E-state index contributed by atoms with van der Waals surface area (Å²) in [4.78, 5) is 11.8. The van der Waals surface area contributed by atoms with Crippen LogP contribution in [0, 0.1) is 34.5 Å². The van der Waals surface area contributed by atoms with Crippen LogP contribution in [0.5, 0.6) is 0 Å². The lowest BCUT2D eigenvalue weighted by Crippen LogP contribution is -2.51. The van der Waals surface area contributed by atoms with Crippen LogP contribution < -0.4 is 0 Å². The fourth-order valence-electron chi connectivity index (χ4n) is 6.67. The fourth-order valence-corrected chi connectivity index (χ4v) is 6.67. The highest BCUT2D eigenvalue weighted by atomic mass is 16.3. The first-order valence-electron chi connectivity index (χ1n) is 9.15. The first-order valence-corrected chi connectivity index (χ1v) is 9.15. The van der Waals surface area contributed by atoms with Crippen molar-refractivity contribution in [3.8, 4) is 0 Å². The highest BCUT2D eigenvalue weighted by Gasteiger charge is 2.60. The first-order chi connectivity index (χ1) is 10.9. The molecule has 0 unspecified atom stereocenters. The van der Waals surface area contributed by atoms with Crippen LogP contribution in [0.15, 0.2) is 36.5 Å². The fraction of sp³-hybridized carbons (Fsp3) is 0.667. The van der Waals surface area contributed by atoms with E-state index < -0.39 is 0 Å². The molecule has 0 amide bonds. The van der Waals surface area contributed by atoms with Crippen molar-refractivity contribution in [1.29, 1.82) is 0 Å². The van der Waals surface area contributed by atoms with Crippen molar-refractivity contribution in [1.82, 2.24) is 0 Å². The molecule has 23 heavy (non-hydrogen) atoms. The van der Waals surface area contributed by atoms with Crippen molar-refractivity contribution in [2.24, 2.45) is 34.5 Å². The van der Waals surface area contributed by atoms with Crippen molar-refractivity contribution in [3.05, 3.63) is 36.5 Å². The summed E-state index contributed by atoms with van der Waals surface area (Å²) >= 11 is 0.